The number of anilines is 3. The third-order valence-electron chi connectivity index (χ3n) is 16.3. The monoisotopic (exact) mass is 785 g/mol. The fraction of sp³-hybridized carbons (Fsp3) is 0.233. The quantitative estimate of drug-likeness (QED) is 0.160. The van der Waals surface area contributed by atoms with Crippen molar-refractivity contribution in [3.05, 3.63) is 195 Å². The van der Waals surface area contributed by atoms with Crippen molar-refractivity contribution in [2.75, 3.05) is 4.90 Å². The first-order valence-corrected chi connectivity index (χ1v) is 22.5. The van der Waals surface area contributed by atoms with Gasteiger partial charge < -0.3 is 4.90 Å². The lowest BCUT2D eigenvalue weighted by Crippen LogP contribution is -2.20. The molecule has 8 aromatic rings. The number of hydrogen-bond acceptors (Lipinski definition) is 1. The highest BCUT2D eigenvalue weighted by molar-refractivity contribution is 6.11. The van der Waals surface area contributed by atoms with Crippen LogP contribution in [-0.4, -0.2) is 0 Å². The fourth-order valence-electron chi connectivity index (χ4n) is 13.0. The minimum atomic E-state index is -0.208. The molecule has 1 heterocycles. The Morgan fingerprint density at radius 3 is 1.18 bits per heavy atom. The summed E-state index contributed by atoms with van der Waals surface area (Å²) in [5.41, 5.74) is 28.8. The Kier molecular flexibility index (Phi) is 6.64. The van der Waals surface area contributed by atoms with Gasteiger partial charge in [-0.25, -0.2) is 0 Å². The molecular weight excluding hydrogens is 735 g/mol. The molecule has 0 radical (unpaired) electrons. The molecule has 0 fully saturated rings. The summed E-state index contributed by atoms with van der Waals surface area (Å²) in [5, 5.41) is 2.64. The van der Waals surface area contributed by atoms with Crippen molar-refractivity contribution < 1.29 is 0 Å². The molecule has 1 aliphatic heterocycles. The normalized spacial score (nSPS) is 17.9. The first-order valence-electron chi connectivity index (χ1n) is 22.5. The maximum Gasteiger partial charge on any atom is 0.0543 e. The average molecular weight is 786 g/mol. The van der Waals surface area contributed by atoms with Gasteiger partial charge in [-0.15, -0.1) is 0 Å². The first kappa shape index (κ1) is 35.6. The minimum Gasteiger partial charge on any atom is -0.309 e. The largest absolute Gasteiger partial charge is 0.309 e. The summed E-state index contributed by atoms with van der Waals surface area (Å²) < 4.78 is 0. The van der Waals surface area contributed by atoms with E-state index in [4.69, 9.17) is 0 Å². The van der Waals surface area contributed by atoms with Crippen molar-refractivity contribution in [3.63, 3.8) is 0 Å². The molecule has 13 rings (SSSR count). The predicted octanol–water partition coefficient (Wildman–Crippen LogP) is 15.6. The van der Waals surface area contributed by atoms with E-state index >= 15 is 0 Å². The predicted molar refractivity (Wildman–Crippen MR) is 256 cm³/mol. The third kappa shape index (κ3) is 4.32. The summed E-state index contributed by atoms with van der Waals surface area (Å²) in [6.07, 6.45) is 1.97. The number of fused-ring (bicyclic) bond motifs is 16. The van der Waals surface area contributed by atoms with Crippen LogP contribution < -0.4 is 4.90 Å². The van der Waals surface area contributed by atoms with Gasteiger partial charge in [-0.3, -0.25) is 0 Å². The summed E-state index contributed by atoms with van der Waals surface area (Å²) in [4.78, 5) is 2.72. The second kappa shape index (κ2) is 11.4. The van der Waals surface area contributed by atoms with Crippen LogP contribution in [0.25, 0.3) is 55.3 Å². The molecular formula is C60H51N. The second-order valence-electron chi connectivity index (χ2n) is 20.8. The van der Waals surface area contributed by atoms with Crippen LogP contribution in [0.4, 0.5) is 17.1 Å². The van der Waals surface area contributed by atoms with Crippen LogP contribution in [0, 0.1) is 0 Å². The zero-order valence-electron chi connectivity index (χ0n) is 36.6. The summed E-state index contributed by atoms with van der Waals surface area (Å²) in [6, 6.07) is 54.7. The van der Waals surface area contributed by atoms with E-state index < -0.39 is 0 Å². The SMILES string of the molecule is CC1(C)c2ccccc2-c2cc3c(cc21)-c1c(cc(N2c4cc5c(cc4CCc4cc6c(cc42)C(C)(C)c2ccccc2-6)-c2ccccc2C5(C)C)c2ccccc12)C3(C)C. The summed E-state index contributed by atoms with van der Waals surface area (Å²) in [7, 11) is 0. The van der Waals surface area contributed by atoms with E-state index in [1.54, 1.807) is 0 Å². The molecule has 4 aliphatic carbocycles. The van der Waals surface area contributed by atoms with Crippen LogP contribution in [0.2, 0.25) is 0 Å². The lowest BCUT2D eigenvalue weighted by atomic mass is 9.79. The Balaban J connectivity index is 1.10. The Morgan fingerprint density at radius 2 is 0.672 bits per heavy atom. The standard InChI is InChI=1S/C60H51N/c1-57(2)47-24-16-13-19-38(47)43-29-49-44(30-48(43)57)56-40-21-10-9-20-39(40)55(33-52(56)60(49,7)8)61-53-31-50-41(36-17-11-14-22-45(36)58(50,3)4)27-34(53)25-26-35-28-42-37-18-12-15-23-46(37)59(5,6)51(42)32-54(35)61/h9-24,27-33H,25-26H2,1-8H3. The van der Waals surface area contributed by atoms with Crippen molar-refractivity contribution in [1.82, 2.24) is 0 Å². The van der Waals surface area contributed by atoms with E-state index in [2.05, 4.69) is 200 Å². The molecule has 0 spiro atoms. The van der Waals surface area contributed by atoms with Gasteiger partial charge in [0, 0.05) is 38.4 Å². The molecule has 0 saturated heterocycles. The Hall–Kier alpha value is -6.18. The number of aryl methyl sites for hydroxylation is 2. The van der Waals surface area contributed by atoms with Gasteiger partial charge in [-0.2, -0.15) is 0 Å². The van der Waals surface area contributed by atoms with E-state index in [1.807, 2.05) is 0 Å². The van der Waals surface area contributed by atoms with E-state index in [1.165, 1.54) is 128 Å². The average Bonchev–Trinajstić information content (AvgIpc) is 3.76. The third-order valence-corrected chi connectivity index (χ3v) is 16.3. The van der Waals surface area contributed by atoms with Crippen molar-refractivity contribution in [1.29, 1.82) is 0 Å². The highest BCUT2D eigenvalue weighted by atomic mass is 15.2. The van der Waals surface area contributed by atoms with Crippen LogP contribution in [-0.2, 0) is 34.5 Å². The van der Waals surface area contributed by atoms with Crippen LogP contribution in [0.1, 0.15) is 111 Å². The minimum absolute atomic E-state index is 0.0650. The fourth-order valence-corrected chi connectivity index (χ4v) is 13.0. The van der Waals surface area contributed by atoms with Gasteiger partial charge in [0.2, 0.25) is 0 Å². The molecule has 0 aromatic heterocycles. The molecule has 296 valence electrons. The number of nitrogens with zero attached hydrogens (tertiary/aromatic N) is 1. The molecule has 1 heteroatoms. The van der Waals surface area contributed by atoms with Crippen molar-refractivity contribution >= 4 is 27.8 Å². The number of benzene rings is 8. The van der Waals surface area contributed by atoms with E-state index in [-0.39, 0.29) is 21.7 Å². The molecule has 1 nitrogen and oxygen atoms in total. The summed E-state index contributed by atoms with van der Waals surface area (Å²) in [5.74, 6) is 0. The van der Waals surface area contributed by atoms with Gasteiger partial charge in [-0.05, 0) is 161 Å². The van der Waals surface area contributed by atoms with E-state index in [0.717, 1.165) is 12.8 Å². The molecule has 5 aliphatic rings. The molecule has 0 atom stereocenters. The molecule has 0 saturated carbocycles. The Morgan fingerprint density at radius 1 is 0.311 bits per heavy atom. The smallest absolute Gasteiger partial charge is 0.0543 e. The second-order valence-corrected chi connectivity index (χ2v) is 20.8. The summed E-state index contributed by atoms with van der Waals surface area (Å²) in [6.45, 7) is 19.5. The van der Waals surface area contributed by atoms with Crippen molar-refractivity contribution in [3.8, 4) is 44.5 Å². The number of hydrogen-bond donors (Lipinski definition) is 0. The van der Waals surface area contributed by atoms with Gasteiger partial charge in [-0.1, -0.05) is 152 Å². The van der Waals surface area contributed by atoms with Gasteiger partial charge in [0.15, 0.2) is 0 Å². The Labute approximate surface area is 360 Å². The summed E-state index contributed by atoms with van der Waals surface area (Å²) >= 11 is 0. The topological polar surface area (TPSA) is 3.24 Å². The molecule has 61 heavy (non-hydrogen) atoms. The highest BCUT2D eigenvalue weighted by Crippen LogP contribution is 2.61. The van der Waals surface area contributed by atoms with Crippen LogP contribution in [0.15, 0.2) is 140 Å². The zero-order valence-corrected chi connectivity index (χ0v) is 36.6. The first-order chi connectivity index (χ1) is 29.3. The van der Waals surface area contributed by atoms with Gasteiger partial charge >= 0.3 is 0 Å². The van der Waals surface area contributed by atoms with Crippen LogP contribution >= 0.6 is 0 Å². The van der Waals surface area contributed by atoms with E-state index in [0.29, 0.717) is 0 Å². The van der Waals surface area contributed by atoms with Crippen molar-refractivity contribution in [2.24, 2.45) is 0 Å². The lowest BCUT2D eigenvalue weighted by molar-refractivity contribution is 0.652. The van der Waals surface area contributed by atoms with Crippen LogP contribution in [0.5, 0.6) is 0 Å². The maximum absolute atomic E-state index is 2.72. The van der Waals surface area contributed by atoms with Crippen molar-refractivity contribution in [2.45, 2.75) is 89.9 Å². The van der Waals surface area contributed by atoms with E-state index in [9.17, 15) is 0 Å². The lowest BCUT2D eigenvalue weighted by Gasteiger charge is -2.33. The molecule has 0 unspecified atom stereocenters. The van der Waals surface area contributed by atoms with Gasteiger partial charge in [0.1, 0.15) is 0 Å². The maximum atomic E-state index is 2.72. The molecule has 0 bridgehead atoms. The molecule has 0 N–H and O–H groups in total. The zero-order chi connectivity index (χ0) is 41.5. The van der Waals surface area contributed by atoms with Crippen LogP contribution in [0.3, 0.4) is 0 Å². The number of rotatable bonds is 1. The van der Waals surface area contributed by atoms with Gasteiger partial charge in [0.05, 0.1) is 5.69 Å². The highest BCUT2D eigenvalue weighted by Gasteiger charge is 2.44. The Bertz CT molecular complexity index is 3200. The molecule has 8 aromatic carbocycles. The molecule has 0 amide bonds. The van der Waals surface area contributed by atoms with Gasteiger partial charge in [0.25, 0.3) is 0 Å².